The van der Waals surface area contributed by atoms with Crippen LogP contribution in [0.1, 0.15) is 45.1 Å². The van der Waals surface area contributed by atoms with E-state index in [0.717, 1.165) is 18.4 Å². The second kappa shape index (κ2) is 10.1. The predicted octanol–water partition coefficient (Wildman–Crippen LogP) is 0.926. The molecule has 0 spiro atoms. The zero-order valence-corrected chi connectivity index (χ0v) is 16.1. The maximum Gasteiger partial charge on any atom is 0.246 e. The van der Waals surface area contributed by atoms with Crippen LogP contribution in [0.2, 0.25) is 0 Å². The molecule has 0 saturated carbocycles. The number of rotatable bonds is 5. The zero-order valence-electron chi connectivity index (χ0n) is 16.1. The number of nitrogens with zero attached hydrogens (tertiary/aromatic N) is 1. The van der Waals surface area contributed by atoms with E-state index in [1.165, 1.54) is 0 Å². The number of piperidine rings is 1. The van der Waals surface area contributed by atoms with Gasteiger partial charge in [0, 0.05) is 12.6 Å². The molecular weight excluding hydrogens is 344 g/mol. The van der Waals surface area contributed by atoms with Gasteiger partial charge in [-0.05, 0) is 31.2 Å². The van der Waals surface area contributed by atoms with Crippen molar-refractivity contribution in [3.05, 3.63) is 35.9 Å². The molecule has 1 aromatic carbocycles. The average Bonchev–Trinajstić information content (AvgIpc) is 3.15. The van der Waals surface area contributed by atoms with Gasteiger partial charge in [-0.3, -0.25) is 14.4 Å². The van der Waals surface area contributed by atoms with Crippen LogP contribution in [0.15, 0.2) is 30.3 Å². The molecule has 2 fully saturated rings. The molecule has 0 aromatic heterocycles. The molecule has 0 bridgehead atoms. The number of carbonyl (C=O) groups is 3. The second-order valence-corrected chi connectivity index (χ2v) is 6.60. The maximum absolute atomic E-state index is 12.7. The molecular formula is C20H30N4O3. The Hall–Kier alpha value is -2.41. The van der Waals surface area contributed by atoms with E-state index in [4.69, 9.17) is 5.73 Å². The number of hydrogen-bond donors (Lipinski definition) is 3. The van der Waals surface area contributed by atoms with E-state index < -0.39 is 12.1 Å². The fourth-order valence-electron chi connectivity index (χ4n) is 3.71. The molecule has 3 atom stereocenters. The molecule has 0 aliphatic carbocycles. The van der Waals surface area contributed by atoms with Gasteiger partial charge in [0.25, 0.3) is 0 Å². The molecule has 1 aromatic rings. The van der Waals surface area contributed by atoms with E-state index in [9.17, 15) is 14.4 Å². The Morgan fingerprint density at radius 1 is 1.11 bits per heavy atom. The lowest BCUT2D eigenvalue weighted by atomic mass is 9.98. The summed E-state index contributed by atoms with van der Waals surface area (Å²) in [4.78, 5) is 38.5. The van der Waals surface area contributed by atoms with Crippen LogP contribution in [0.4, 0.5) is 0 Å². The number of fused-ring (bicyclic) bond motifs is 1. The van der Waals surface area contributed by atoms with Crippen LogP contribution < -0.4 is 16.4 Å². The molecule has 27 heavy (non-hydrogen) atoms. The summed E-state index contributed by atoms with van der Waals surface area (Å²) >= 11 is 0. The van der Waals surface area contributed by atoms with Crippen LogP contribution in [0.5, 0.6) is 0 Å². The van der Waals surface area contributed by atoms with Crippen molar-refractivity contribution in [1.29, 1.82) is 0 Å². The number of carbonyl (C=O) groups excluding carboxylic acids is 3. The summed E-state index contributed by atoms with van der Waals surface area (Å²) < 4.78 is 0. The summed E-state index contributed by atoms with van der Waals surface area (Å²) in [5.74, 6) is -0.651. The van der Waals surface area contributed by atoms with E-state index in [1.54, 1.807) is 4.90 Å². The number of benzene rings is 1. The van der Waals surface area contributed by atoms with Crippen molar-refractivity contribution in [3.8, 4) is 0 Å². The average molecular weight is 374 g/mol. The van der Waals surface area contributed by atoms with Crippen LogP contribution in [0, 0.1) is 0 Å². The standard InChI is InChI=1S/C18H24N4O3.C2H6/c19-10-16(23)21-14-8-6-13-7-9-15(22(13)18(14)25)17(24)20-11-12-4-2-1-3-5-12;1-2/h1-5,13-15H,6-11,19H2,(H,20,24)(H,21,23);1-2H3/t13?,14-,15?;/m0./s1. The van der Waals surface area contributed by atoms with Gasteiger partial charge >= 0.3 is 0 Å². The number of amides is 3. The number of nitrogens with one attached hydrogen (secondary N) is 2. The van der Waals surface area contributed by atoms with Gasteiger partial charge in [-0.2, -0.15) is 0 Å². The molecule has 2 aliphatic heterocycles. The van der Waals surface area contributed by atoms with Crippen molar-refractivity contribution < 1.29 is 14.4 Å². The van der Waals surface area contributed by atoms with E-state index >= 15 is 0 Å². The Morgan fingerprint density at radius 3 is 2.44 bits per heavy atom. The molecule has 3 amide bonds. The van der Waals surface area contributed by atoms with Crippen molar-refractivity contribution in [2.45, 2.75) is 64.2 Å². The van der Waals surface area contributed by atoms with Gasteiger partial charge in [0.15, 0.2) is 0 Å². The molecule has 3 rings (SSSR count). The molecule has 4 N–H and O–H groups in total. The summed E-state index contributed by atoms with van der Waals surface area (Å²) in [5.41, 5.74) is 6.33. The third-order valence-corrected chi connectivity index (χ3v) is 4.98. The van der Waals surface area contributed by atoms with Gasteiger partial charge in [0.05, 0.1) is 6.54 Å². The zero-order chi connectivity index (χ0) is 19.8. The number of hydrogen-bond acceptors (Lipinski definition) is 4. The summed E-state index contributed by atoms with van der Waals surface area (Å²) in [7, 11) is 0. The first kappa shape index (κ1) is 20.9. The fourth-order valence-corrected chi connectivity index (χ4v) is 3.71. The van der Waals surface area contributed by atoms with E-state index in [0.29, 0.717) is 19.4 Å². The van der Waals surface area contributed by atoms with Crippen LogP contribution in [0.3, 0.4) is 0 Å². The quantitative estimate of drug-likeness (QED) is 0.713. The normalized spacial score (nSPS) is 23.7. The van der Waals surface area contributed by atoms with Gasteiger partial charge < -0.3 is 21.3 Å². The molecule has 2 heterocycles. The van der Waals surface area contributed by atoms with Crippen molar-refractivity contribution in [2.24, 2.45) is 5.73 Å². The topological polar surface area (TPSA) is 105 Å². The predicted molar refractivity (Wildman–Crippen MR) is 104 cm³/mol. The van der Waals surface area contributed by atoms with Crippen LogP contribution in [-0.2, 0) is 20.9 Å². The summed E-state index contributed by atoms with van der Waals surface area (Å²) in [6.07, 6.45) is 2.88. The van der Waals surface area contributed by atoms with Crippen molar-refractivity contribution >= 4 is 17.7 Å². The number of nitrogens with two attached hydrogens (primary N) is 1. The smallest absolute Gasteiger partial charge is 0.246 e. The van der Waals surface area contributed by atoms with Crippen LogP contribution in [0.25, 0.3) is 0 Å². The first-order chi connectivity index (χ1) is 13.1. The lowest BCUT2D eigenvalue weighted by Crippen LogP contribution is -2.59. The SMILES string of the molecule is CC.NCC(=O)N[C@H]1CCC2CCC(C(=O)NCc3ccccc3)N2C1=O. The first-order valence-electron chi connectivity index (χ1n) is 9.73. The van der Waals surface area contributed by atoms with Gasteiger partial charge in [-0.25, -0.2) is 0 Å². The first-order valence-corrected chi connectivity index (χ1v) is 9.73. The molecule has 7 nitrogen and oxygen atoms in total. The van der Waals surface area contributed by atoms with E-state index in [1.807, 2.05) is 44.2 Å². The van der Waals surface area contributed by atoms with E-state index in [2.05, 4.69) is 10.6 Å². The Labute approximate surface area is 160 Å². The lowest BCUT2D eigenvalue weighted by molar-refractivity contribution is -0.146. The monoisotopic (exact) mass is 374 g/mol. The molecule has 2 saturated heterocycles. The Balaban J connectivity index is 0.00000126. The molecule has 2 aliphatic rings. The van der Waals surface area contributed by atoms with Crippen molar-refractivity contribution in [3.63, 3.8) is 0 Å². The molecule has 7 heteroatoms. The highest BCUT2D eigenvalue weighted by molar-refractivity contribution is 5.93. The van der Waals surface area contributed by atoms with Gasteiger partial charge in [-0.1, -0.05) is 44.2 Å². The van der Waals surface area contributed by atoms with Crippen molar-refractivity contribution in [2.75, 3.05) is 6.54 Å². The van der Waals surface area contributed by atoms with Gasteiger partial charge in [-0.15, -0.1) is 0 Å². The third-order valence-electron chi connectivity index (χ3n) is 4.98. The van der Waals surface area contributed by atoms with Gasteiger partial charge in [0.2, 0.25) is 17.7 Å². The summed E-state index contributed by atoms with van der Waals surface area (Å²) in [6.45, 7) is 4.30. The maximum atomic E-state index is 12.7. The largest absolute Gasteiger partial charge is 0.350 e. The molecule has 0 radical (unpaired) electrons. The van der Waals surface area contributed by atoms with E-state index in [-0.39, 0.29) is 30.3 Å². The summed E-state index contributed by atoms with van der Waals surface area (Å²) in [5, 5.41) is 5.58. The third kappa shape index (κ3) is 5.07. The minimum Gasteiger partial charge on any atom is -0.350 e. The fraction of sp³-hybridized carbons (Fsp3) is 0.550. The van der Waals surface area contributed by atoms with Gasteiger partial charge in [0.1, 0.15) is 12.1 Å². The highest BCUT2D eigenvalue weighted by Gasteiger charge is 2.46. The Kier molecular flexibility index (Phi) is 7.79. The molecule has 2 unspecified atom stereocenters. The highest BCUT2D eigenvalue weighted by atomic mass is 16.2. The highest BCUT2D eigenvalue weighted by Crippen LogP contribution is 2.32. The Bertz CT molecular complexity index is 650. The molecule has 148 valence electrons. The minimum atomic E-state index is -0.574. The van der Waals surface area contributed by atoms with Crippen LogP contribution >= 0.6 is 0 Å². The Morgan fingerprint density at radius 2 is 1.78 bits per heavy atom. The minimum absolute atomic E-state index is 0.0889. The summed E-state index contributed by atoms with van der Waals surface area (Å²) in [6, 6.07) is 8.72. The van der Waals surface area contributed by atoms with Crippen LogP contribution in [-0.4, -0.2) is 47.3 Å². The van der Waals surface area contributed by atoms with Crippen molar-refractivity contribution in [1.82, 2.24) is 15.5 Å². The second-order valence-electron chi connectivity index (χ2n) is 6.60. The lowest BCUT2D eigenvalue weighted by Gasteiger charge is -2.37.